The maximum atomic E-state index is 8.87. The number of unbranched alkanes of at least 4 members (excludes halogenated alkanes) is 8. The second-order valence-electron chi connectivity index (χ2n) is 10.4. The van der Waals surface area contributed by atoms with E-state index in [0.717, 1.165) is 44.1 Å². The van der Waals surface area contributed by atoms with E-state index < -0.39 is 0 Å². The van der Waals surface area contributed by atoms with Crippen molar-refractivity contribution < 1.29 is 4.74 Å². The van der Waals surface area contributed by atoms with E-state index in [0.29, 0.717) is 12.5 Å². The maximum absolute atomic E-state index is 8.87. The van der Waals surface area contributed by atoms with E-state index in [-0.39, 0.29) is 5.41 Å². The number of nitrogens with one attached hydrogen (secondary N) is 1. The lowest BCUT2D eigenvalue weighted by atomic mass is 9.85. The Morgan fingerprint density at radius 2 is 1.58 bits per heavy atom. The molecule has 1 N–H and O–H groups in total. The van der Waals surface area contributed by atoms with Crippen LogP contribution >= 0.6 is 0 Å². The summed E-state index contributed by atoms with van der Waals surface area (Å²) in [5.74, 6) is 1.70. The Morgan fingerprint density at radius 1 is 0.935 bits per heavy atom. The number of ether oxygens (including phenoxy) is 1. The van der Waals surface area contributed by atoms with Crippen LogP contribution in [0.15, 0.2) is 12.3 Å². The molecule has 31 heavy (non-hydrogen) atoms. The van der Waals surface area contributed by atoms with Crippen LogP contribution in [-0.4, -0.2) is 19.2 Å². The molecule has 0 aromatic heterocycles. The highest BCUT2D eigenvalue weighted by Crippen LogP contribution is 2.32. The Bertz CT molecular complexity index is 464. The molecule has 0 aromatic carbocycles. The molecular weight excluding hydrogens is 380 g/mol. The predicted octanol–water partition coefficient (Wildman–Crippen LogP) is 8.55. The van der Waals surface area contributed by atoms with Crippen LogP contribution in [0.2, 0.25) is 0 Å². The zero-order valence-electron chi connectivity index (χ0n) is 21.7. The fourth-order valence-corrected chi connectivity index (χ4v) is 3.89. The van der Waals surface area contributed by atoms with E-state index in [1.165, 1.54) is 70.6 Å². The van der Waals surface area contributed by atoms with Gasteiger partial charge in [0.25, 0.3) is 0 Å². The van der Waals surface area contributed by atoms with Crippen LogP contribution in [0, 0.1) is 22.7 Å². The third-order valence-electron chi connectivity index (χ3n) is 6.39. The fourth-order valence-electron chi connectivity index (χ4n) is 3.89. The third-order valence-corrected chi connectivity index (χ3v) is 6.39. The van der Waals surface area contributed by atoms with E-state index in [4.69, 9.17) is 10.00 Å². The molecule has 0 saturated carbocycles. The lowest BCUT2D eigenvalue weighted by Crippen LogP contribution is -2.30. The van der Waals surface area contributed by atoms with Crippen LogP contribution < -0.4 is 5.32 Å². The number of allylic oxidation sites excluding steroid dienone is 1. The quantitative estimate of drug-likeness (QED) is 0.137. The molecule has 0 bridgehead atoms. The average Bonchev–Trinajstić information content (AvgIpc) is 2.73. The van der Waals surface area contributed by atoms with Gasteiger partial charge in [0.05, 0.1) is 18.4 Å². The monoisotopic (exact) mass is 434 g/mol. The summed E-state index contributed by atoms with van der Waals surface area (Å²) in [6.07, 6.45) is 18.0. The maximum Gasteiger partial charge on any atom is 0.0944 e. The summed E-state index contributed by atoms with van der Waals surface area (Å²) >= 11 is 0. The third kappa shape index (κ3) is 18.3. The second-order valence-corrected chi connectivity index (χ2v) is 10.4. The van der Waals surface area contributed by atoms with Crippen LogP contribution in [0.3, 0.4) is 0 Å². The van der Waals surface area contributed by atoms with E-state index in [9.17, 15) is 0 Å². The average molecular weight is 435 g/mol. The van der Waals surface area contributed by atoms with Crippen LogP contribution in [0.1, 0.15) is 131 Å². The Labute approximate surface area is 195 Å². The smallest absolute Gasteiger partial charge is 0.0944 e. The molecule has 0 aliphatic carbocycles. The van der Waals surface area contributed by atoms with Gasteiger partial charge in [-0.25, -0.2) is 0 Å². The molecule has 0 saturated heterocycles. The predicted molar refractivity (Wildman–Crippen MR) is 136 cm³/mol. The molecule has 0 rings (SSSR count). The SMILES string of the molecule is C=C(OCCCCCCCC)C(C)(C)CCCCCCNC(CCC#N)CCC(C)C. The van der Waals surface area contributed by atoms with E-state index >= 15 is 0 Å². The molecule has 0 aromatic rings. The summed E-state index contributed by atoms with van der Waals surface area (Å²) in [7, 11) is 0. The number of hydrogen-bond acceptors (Lipinski definition) is 3. The van der Waals surface area contributed by atoms with Crippen molar-refractivity contribution in [2.75, 3.05) is 13.2 Å². The highest BCUT2D eigenvalue weighted by molar-refractivity contribution is 4.98. The first-order chi connectivity index (χ1) is 14.8. The summed E-state index contributed by atoms with van der Waals surface area (Å²) in [4.78, 5) is 0. The highest BCUT2D eigenvalue weighted by Gasteiger charge is 2.22. The molecule has 0 radical (unpaired) electrons. The van der Waals surface area contributed by atoms with Gasteiger partial charge in [0.1, 0.15) is 0 Å². The van der Waals surface area contributed by atoms with Gasteiger partial charge < -0.3 is 10.1 Å². The van der Waals surface area contributed by atoms with Crippen LogP contribution in [0.25, 0.3) is 0 Å². The lowest BCUT2D eigenvalue weighted by molar-refractivity contribution is 0.134. The van der Waals surface area contributed by atoms with Crippen molar-refractivity contribution in [3.05, 3.63) is 12.3 Å². The lowest BCUT2D eigenvalue weighted by Gasteiger charge is -2.27. The number of nitrogens with zero attached hydrogens (tertiary/aromatic N) is 1. The summed E-state index contributed by atoms with van der Waals surface area (Å²) in [5.41, 5.74) is 0.0691. The van der Waals surface area contributed by atoms with E-state index in [1.807, 2.05) is 0 Å². The second kappa shape index (κ2) is 19.7. The number of hydrogen-bond donors (Lipinski definition) is 1. The highest BCUT2D eigenvalue weighted by atomic mass is 16.5. The Kier molecular flexibility index (Phi) is 19.0. The molecule has 0 amide bonds. The van der Waals surface area contributed by atoms with Crippen LogP contribution in [0.4, 0.5) is 0 Å². The Hall–Kier alpha value is -1.01. The van der Waals surface area contributed by atoms with Crippen molar-refractivity contribution in [3.8, 4) is 6.07 Å². The molecule has 1 unspecified atom stereocenters. The van der Waals surface area contributed by atoms with Crippen LogP contribution in [0.5, 0.6) is 0 Å². The van der Waals surface area contributed by atoms with Crippen molar-refractivity contribution in [1.29, 1.82) is 5.26 Å². The standard InChI is InChI=1S/C28H54N2O/c1-7-8-9-10-13-16-24-31-26(4)28(5,6)21-14-11-12-15-23-30-27(18-17-22-29)20-19-25(2)3/h25,27,30H,4,7-21,23-24H2,1-3,5-6H3. The molecular formula is C28H54N2O. The van der Waals surface area contributed by atoms with Crippen molar-refractivity contribution in [3.63, 3.8) is 0 Å². The van der Waals surface area contributed by atoms with Gasteiger partial charge in [-0.1, -0.05) is 92.6 Å². The van der Waals surface area contributed by atoms with Gasteiger partial charge >= 0.3 is 0 Å². The molecule has 182 valence electrons. The van der Waals surface area contributed by atoms with Gasteiger partial charge in [-0.05, 0) is 51.0 Å². The molecule has 3 nitrogen and oxygen atoms in total. The molecule has 1 atom stereocenters. The first-order valence-corrected chi connectivity index (χ1v) is 13.3. The van der Waals surface area contributed by atoms with Crippen molar-refractivity contribution in [1.82, 2.24) is 5.32 Å². The van der Waals surface area contributed by atoms with E-state index in [2.05, 4.69) is 52.6 Å². The van der Waals surface area contributed by atoms with Crippen molar-refractivity contribution >= 4 is 0 Å². The number of rotatable bonds is 22. The zero-order valence-corrected chi connectivity index (χ0v) is 21.7. The summed E-state index contributed by atoms with van der Waals surface area (Å²) in [6.45, 7) is 17.5. The van der Waals surface area contributed by atoms with E-state index in [1.54, 1.807) is 0 Å². The summed E-state index contributed by atoms with van der Waals surface area (Å²) in [6, 6.07) is 2.80. The largest absolute Gasteiger partial charge is 0.498 e. The number of nitriles is 1. The van der Waals surface area contributed by atoms with Gasteiger partial charge in [0, 0.05) is 17.9 Å². The molecule has 0 heterocycles. The minimum absolute atomic E-state index is 0.0691. The van der Waals surface area contributed by atoms with Crippen molar-refractivity contribution in [2.24, 2.45) is 11.3 Å². The molecule has 0 aliphatic rings. The molecule has 3 heteroatoms. The normalized spacial score (nSPS) is 12.7. The van der Waals surface area contributed by atoms with Gasteiger partial charge in [-0.2, -0.15) is 5.26 Å². The van der Waals surface area contributed by atoms with Gasteiger partial charge in [0.2, 0.25) is 0 Å². The molecule has 0 aliphatic heterocycles. The first kappa shape index (κ1) is 30.0. The molecule has 0 fully saturated rings. The summed E-state index contributed by atoms with van der Waals surface area (Å²) in [5, 5.41) is 12.6. The van der Waals surface area contributed by atoms with Gasteiger partial charge in [-0.3, -0.25) is 0 Å². The summed E-state index contributed by atoms with van der Waals surface area (Å²) < 4.78 is 5.98. The Balaban J connectivity index is 3.83. The first-order valence-electron chi connectivity index (χ1n) is 13.3. The van der Waals surface area contributed by atoms with Gasteiger partial charge in [-0.15, -0.1) is 0 Å². The van der Waals surface area contributed by atoms with Crippen molar-refractivity contribution in [2.45, 2.75) is 137 Å². The Morgan fingerprint density at radius 3 is 2.26 bits per heavy atom. The zero-order chi connectivity index (χ0) is 23.4. The molecule has 0 spiro atoms. The van der Waals surface area contributed by atoms with Crippen LogP contribution in [-0.2, 0) is 4.74 Å². The minimum atomic E-state index is 0.0691. The minimum Gasteiger partial charge on any atom is -0.498 e. The fraction of sp³-hybridized carbons (Fsp3) is 0.893. The van der Waals surface area contributed by atoms with Gasteiger partial charge in [0.15, 0.2) is 0 Å². The topological polar surface area (TPSA) is 45.0 Å².